The highest BCUT2D eigenvalue weighted by Gasteiger charge is 2.70. The van der Waals surface area contributed by atoms with Crippen LogP contribution in [-0.4, -0.2) is 23.1 Å². The summed E-state index contributed by atoms with van der Waals surface area (Å²) in [5.74, 6) is 2.44. The van der Waals surface area contributed by atoms with Gasteiger partial charge in [-0.25, -0.2) is 0 Å². The Labute approximate surface area is 263 Å². The zero-order valence-electron chi connectivity index (χ0n) is 29.2. The zero-order chi connectivity index (χ0) is 31.8. The third-order valence-electron chi connectivity index (χ3n) is 15.5. The van der Waals surface area contributed by atoms with Crippen LogP contribution in [0.5, 0.6) is 0 Å². The van der Waals surface area contributed by atoms with Crippen LogP contribution in [-0.2, 0) is 14.3 Å². The molecule has 5 unspecified atom stereocenters. The van der Waals surface area contributed by atoms with E-state index in [9.17, 15) is 14.7 Å². The molecule has 0 spiro atoms. The van der Waals surface area contributed by atoms with E-state index < -0.39 is 11.4 Å². The number of esters is 1. The largest absolute Gasteiger partial charge is 0.481 e. The quantitative estimate of drug-likeness (QED) is 0.224. The van der Waals surface area contributed by atoms with Gasteiger partial charge < -0.3 is 9.84 Å². The minimum atomic E-state index is -0.864. The second-order valence-corrected chi connectivity index (χ2v) is 18.5. The molecule has 0 saturated heterocycles. The fourth-order valence-corrected chi connectivity index (χ4v) is 13.5. The summed E-state index contributed by atoms with van der Waals surface area (Å²) in [7, 11) is 0. The summed E-state index contributed by atoms with van der Waals surface area (Å²) in [5.41, 5.74) is 2.23. The summed E-state index contributed by atoms with van der Waals surface area (Å²) in [5, 5.41) is 9.29. The lowest BCUT2D eigenvalue weighted by atomic mass is 9.32. The monoisotopic (exact) mass is 596 g/mol. The van der Waals surface area contributed by atoms with Crippen molar-refractivity contribution in [1.82, 2.24) is 0 Å². The number of hydrogen-bond donors (Lipinski definition) is 1. The van der Waals surface area contributed by atoms with Crippen LogP contribution in [0.15, 0.2) is 12.2 Å². The highest BCUT2D eigenvalue weighted by molar-refractivity contribution is 5.73. The number of hydrogen-bond acceptors (Lipinski definition) is 3. The van der Waals surface area contributed by atoms with Crippen molar-refractivity contribution in [1.29, 1.82) is 0 Å². The van der Waals surface area contributed by atoms with Crippen molar-refractivity contribution in [2.24, 2.45) is 62.1 Å². The number of allylic oxidation sites excluding steroid dienone is 1. The maximum Gasteiger partial charge on any atom is 0.306 e. The minimum Gasteiger partial charge on any atom is -0.481 e. The number of carboxylic acids is 1. The van der Waals surface area contributed by atoms with Crippen LogP contribution in [0.1, 0.15) is 152 Å². The Morgan fingerprint density at radius 1 is 0.860 bits per heavy atom. The van der Waals surface area contributed by atoms with Gasteiger partial charge in [0.25, 0.3) is 0 Å². The number of carboxylic acid groups (broad SMARTS) is 1. The van der Waals surface area contributed by atoms with E-state index in [0.29, 0.717) is 34.0 Å². The highest BCUT2D eigenvalue weighted by Crippen LogP contribution is 2.78. The van der Waals surface area contributed by atoms with E-state index in [4.69, 9.17) is 4.74 Å². The Bertz CT molecular complexity index is 1120. The molecule has 4 nitrogen and oxygen atoms in total. The smallest absolute Gasteiger partial charge is 0.306 e. The molecule has 43 heavy (non-hydrogen) atoms. The van der Waals surface area contributed by atoms with Crippen molar-refractivity contribution < 1.29 is 19.4 Å². The second-order valence-electron chi connectivity index (χ2n) is 18.5. The Balaban J connectivity index is 1.39. The molecule has 5 aliphatic rings. The van der Waals surface area contributed by atoms with Gasteiger partial charge in [0.15, 0.2) is 0 Å². The first-order chi connectivity index (χ1) is 19.9. The average molecular weight is 597 g/mol. The van der Waals surface area contributed by atoms with Gasteiger partial charge in [0.05, 0.1) is 12.8 Å². The number of ether oxygens (including phenoxy) is 1. The second kappa shape index (κ2) is 10.9. The lowest BCUT2D eigenvalue weighted by Gasteiger charge is -2.73. The topological polar surface area (TPSA) is 63.6 Å². The molecule has 5 fully saturated rings. The maximum absolute atomic E-state index is 13.1. The molecule has 4 heteroatoms. The maximum atomic E-state index is 13.1. The SMILES string of the molecule is C=C(C)C1CC[C@]2(CCC)CC[C@]3(C)C(CCC4[C@@]5(C)CC[C@H](OC(=O)CC(C)(C)CC(=O)O)C(C)(C)C5CC[C@]43C)C12. The van der Waals surface area contributed by atoms with Crippen LogP contribution in [0.4, 0.5) is 0 Å². The molecule has 0 aromatic heterocycles. The molecule has 5 aliphatic carbocycles. The first-order valence-corrected chi connectivity index (χ1v) is 17.9. The number of aliphatic carboxylic acids is 1. The summed E-state index contributed by atoms with van der Waals surface area (Å²) in [4.78, 5) is 24.5. The average Bonchev–Trinajstić information content (AvgIpc) is 3.25. The van der Waals surface area contributed by atoms with Crippen molar-refractivity contribution in [3.05, 3.63) is 12.2 Å². The molecule has 0 aromatic rings. The van der Waals surface area contributed by atoms with E-state index in [-0.39, 0.29) is 35.7 Å². The lowest BCUT2D eigenvalue weighted by Crippen LogP contribution is -2.66. The van der Waals surface area contributed by atoms with E-state index in [2.05, 4.69) is 55.0 Å². The molecule has 0 aromatic carbocycles. The van der Waals surface area contributed by atoms with Crippen molar-refractivity contribution >= 4 is 11.9 Å². The molecule has 0 aliphatic heterocycles. The summed E-state index contributed by atoms with van der Waals surface area (Å²) < 4.78 is 6.26. The predicted molar refractivity (Wildman–Crippen MR) is 174 cm³/mol. The number of rotatable bonds is 8. The van der Waals surface area contributed by atoms with Crippen LogP contribution in [0.2, 0.25) is 0 Å². The van der Waals surface area contributed by atoms with Crippen molar-refractivity contribution in [3.63, 3.8) is 0 Å². The van der Waals surface area contributed by atoms with Gasteiger partial charge >= 0.3 is 11.9 Å². The van der Waals surface area contributed by atoms with Gasteiger partial charge in [-0.05, 0) is 134 Å². The first-order valence-electron chi connectivity index (χ1n) is 17.9. The Hall–Kier alpha value is -1.32. The zero-order valence-corrected chi connectivity index (χ0v) is 29.2. The van der Waals surface area contributed by atoms with Crippen molar-refractivity contribution in [2.75, 3.05) is 0 Å². The third-order valence-corrected chi connectivity index (χ3v) is 15.5. The van der Waals surface area contributed by atoms with Crippen molar-refractivity contribution in [2.45, 2.75) is 158 Å². The molecular weight excluding hydrogens is 532 g/mol. The Morgan fingerprint density at radius 2 is 1.56 bits per heavy atom. The molecular formula is C39H64O4. The highest BCUT2D eigenvalue weighted by atomic mass is 16.5. The summed E-state index contributed by atoms with van der Waals surface area (Å²) >= 11 is 0. The number of carbonyl (C=O) groups is 2. The summed E-state index contributed by atoms with van der Waals surface area (Å²) in [6.07, 6.45) is 15.5. The molecule has 0 heterocycles. The van der Waals surface area contributed by atoms with Gasteiger partial charge in [0.2, 0.25) is 0 Å². The summed E-state index contributed by atoms with van der Waals surface area (Å²) in [6, 6.07) is 0. The van der Waals surface area contributed by atoms with Crippen LogP contribution >= 0.6 is 0 Å². The third kappa shape index (κ3) is 5.06. The van der Waals surface area contributed by atoms with E-state index in [1.54, 1.807) is 0 Å². The van der Waals surface area contributed by atoms with E-state index >= 15 is 0 Å². The van der Waals surface area contributed by atoms with Gasteiger partial charge in [-0.2, -0.15) is 0 Å². The van der Waals surface area contributed by atoms with Gasteiger partial charge in [0, 0.05) is 5.41 Å². The standard InChI is InChI=1S/C39H64O4/c1-11-17-39-20-14-26(25(2)3)33(39)27-12-13-29-36(8)18-16-30(43-32(42)24-34(4,5)23-31(40)41)35(6,7)28(36)15-19-38(29,10)37(27,9)21-22-39/h26-30,33H,2,11-24H2,1,3-10H3,(H,40,41)/t26?,27?,28?,29?,30-,33?,36-,37+,38+,39+/m0/s1. The van der Waals surface area contributed by atoms with Gasteiger partial charge in [-0.15, -0.1) is 0 Å². The fraction of sp³-hybridized carbons (Fsp3) is 0.897. The molecule has 244 valence electrons. The fourth-order valence-electron chi connectivity index (χ4n) is 13.5. The van der Waals surface area contributed by atoms with Crippen molar-refractivity contribution in [3.8, 4) is 0 Å². The lowest BCUT2D eigenvalue weighted by molar-refractivity contribution is -0.250. The van der Waals surface area contributed by atoms with Crippen LogP contribution in [0.25, 0.3) is 0 Å². The first kappa shape index (κ1) is 33.1. The van der Waals surface area contributed by atoms with Crippen LogP contribution in [0, 0.1) is 62.1 Å². The minimum absolute atomic E-state index is 0.0234. The normalized spacial score (nSPS) is 45.2. The predicted octanol–water partition coefficient (Wildman–Crippen LogP) is 10.2. The van der Waals surface area contributed by atoms with Crippen LogP contribution < -0.4 is 0 Å². The van der Waals surface area contributed by atoms with Gasteiger partial charge in [0.1, 0.15) is 6.10 Å². The van der Waals surface area contributed by atoms with Gasteiger partial charge in [-0.3, -0.25) is 9.59 Å². The Kier molecular flexibility index (Phi) is 8.37. The van der Waals surface area contributed by atoms with E-state index in [1.165, 1.54) is 69.8 Å². The molecule has 10 atom stereocenters. The Morgan fingerprint density at radius 3 is 2.19 bits per heavy atom. The molecule has 0 radical (unpaired) electrons. The molecule has 1 N–H and O–H groups in total. The summed E-state index contributed by atoms with van der Waals surface area (Å²) in [6.45, 7) is 25.8. The molecule has 0 bridgehead atoms. The van der Waals surface area contributed by atoms with Crippen LogP contribution in [0.3, 0.4) is 0 Å². The van der Waals surface area contributed by atoms with Gasteiger partial charge in [-0.1, -0.05) is 74.0 Å². The number of carbonyl (C=O) groups excluding carboxylic acids is 1. The van der Waals surface area contributed by atoms with E-state index in [0.717, 1.165) is 24.7 Å². The molecule has 0 amide bonds. The number of fused-ring (bicyclic) bond motifs is 7. The molecule has 5 rings (SSSR count). The molecule has 5 saturated carbocycles. The van der Waals surface area contributed by atoms with E-state index in [1.807, 2.05) is 13.8 Å².